The molecule has 4 nitrogen and oxygen atoms in total. The predicted octanol–water partition coefficient (Wildman–Crippen LogP) is 5.33. The summed E-state index contributed by atoms with van der Waals surface area (Å²) < 4.78 is 0. The van der Waals surface area contributed by atoms with Crippen LogP contribution in [0.15, 0.2) is 42.5 Å². The number of para-hydroxylation sites is 1. The molecule has 0 amide bonds. The highest BCUT2D eigenvalue weighted by molar-refractivity contribution is 6.30. The molecule has 2 aromatic carbocycles. The van der Waals surface area contributed by atoms with Crippen molar-refractivity contribution >= 4 is 40.0 Å². The first-order valence-electron chi connectivity index (χ1n) is 8.75. The number of aryl methyl sites for hydroxylation is 1. The van der Waals surface area contributed by atoms with Crippen molar-refractivity contribution in [2.24, 2.45) is 0 Å². The Hall–Kier alpha value is -2.33. The van der Waals surface area contributed by atoms with Gasteiger partial charge in [0.1, 0.15) is 5.82 Å². The van der Waals surface area contributed by atoms with Crippen molar-refractivity contribution in [2.45, 2.75) is 26.2 Å². The summed E-state index contributed by atoms with van der Waals surface area (Å²) in [5, 5.41) is 5.21. The molecule has 1 aromatic heterocycles. The van der Waals surface area contributed by atoms with Gasteiger partial charge in [-0.15, -0.1) is 0 Å². The second kappa shape index (κ2) is 6.89. The standard InChI is InChI=1S/C20H21ClN4/c1-14-13-15(21)9-10-17(14)22-20-23-18-8-4-3-7-16(18)19(24-20)25-11-5-2-6-12-25/h3-4,7-10,13H,2,5-6,11-12H2,1H3,(H,22,23,24). The van der Waals surface area contributed by atoms with Crippen LogP contribution in [0.25, 0.3) is 10.9 Å². The van der Waals surface area contributed by atoms with Crippen LogP contribution < -0.4 is 10.2 Å². The summed E-state index contributed by atoms with van der Waals surface area (Å²) in [5.74, 6) is 1.66. The van der Waals surface area contributed by atoms with Crippen molar-refractivity contribution in [3.05, 3.63) is 53.1 Å². The Kier molecular flexibility index (Phi) is 4.45. The molecule has 1 aliphatic rings. The van der Waals surface area contributed by atoms with Crippen LogP contribution in [0.3, 0.4) is 0 Å². The van der Waals surface area contributed by atoms with E-state index in [1.54, 1.807) is 0 Å². The molecule has 0 bridgehead atoms. The van der Waals surface area contributed by atoms with E-state index in [-0.39, 0.29) is 0 Å². The first kappa shape index (κ1) is 16.2. The van der Waals surface area contributed by atoms with Crippen LogP contribution in [0, 0.1) is 6.92 Å². The van der Waals surface area contributed by atoms with Gasteiger partial charge in [-0.05, 0) is 62.1 Å². The largest absolute Gasteiger partial charge is 0.356 e. The maximum atomic E-state index is 6.06. The number of benzene rings is 2. The third-order valence-corrected chi connectivity index (χ3v) is 4.91. The molecule has 3 aromatic rings. The predicted molar refractivity (Wildman–Crippen MR) is 105 cm³/mol. The molecule has 25 heavy (non-hydrogen) atoms. The zero-order valence-electron chi connectivity index (χ0n) is 14.3. The second-order valence-corrected chi connectivity index (χ2v) is 6.96. The molecule has 0 saturated carbocycles. The number of fused-ring (bicyclic) bond motifs is 1. The summed E-state index contributed by atoms with van der Waals surface area (Å²) in [5.41, 5.74) is 3.01. The van der Waals surface area contributed by atoms with Crippen molar-refractivity contribution < 1.29 is 0 Å². The average molecular weight is 353 g/mol. The van der Waals surface area contributed by atoms with E-state index in [4.69, 9.17) is 21.6 Å². The fraction of sp³-hybridized carbons (Fsp3) is 0.300. The fourth-order valence-electron chi connectivity index (χ4n) is 3.35. The van der Waals surface area contributed by atoms with Crippen molar-refractivity contribution in [1.82, 2.24) is 9.97 Å². The molecule has 0 spiro atoms. The maximum Gasteiger partial charge on any atom is 0.229 e. The number of halogens is 1. The normalized spacial score (nSPS) is 14.7. The molecular formula is C20H21ClN4. The van der Waals surface area contributed by atoms with Gasteiger partial charge in [0.25, 0.3) is 0 Å². The number of aromatic nitrogens is 2. The van der Waals surface area contributed by atoms with Gasteiger partial charge < -0.3 is 10.2 Å². The number of hydrogen-bond acceptors (Lipinski definition) is 4. The fourth-order valence-corrected chi connectivity index (χ4v) is 3.58. The van der Waals surface area contributed by atoms with Gasteiger partial charge >= 0.3 is 0 Å². The smallest absolute Gasteiger partial charge is 0.229 e. The molecule has 0 unspecified atom stereocenters. The molecule has 0 aliphatic carbocycles. The van der Waals surface area contributed by atoms with Crippen LogP contribution in [-0.2, 0) is 0 Å². The van der Waals surface area contributed by atoms with Crippen LogP contribution in [-0.4, -0.2) is 23.1 Å². The Morgan fingerprint density at radius 1 is 1.00 bits per heavy atom. The molecule has 0 atom stereocenters. The summed E-state index contributed by atoms with van der Waals surface area (Å²) in [6.07, 6.45) is 3.74. The van der Waals surface area contributed by atoms with Gasteiger partial charge in [0.2, 0.25) is 5.95 Å². The van der Waals surface area contributed by atoms with Crippen LogP contribution in [0.1, 0.15) is 24.8 Å². The number of anilines is 3. The highest BCUT2D eigenvalue weighted by Gasteiger charge is 2.17. The van der Waals surface area contributed by atoms with Crippen molar-refractivity contribution in [2.75, 3.05) is 23.3 Å². The number of nitrogens with zero attached hydrogens (tertiary/aromatic N) is 3. The highest BCUT2D eigenvalue weighted by Crippen LogP contribution is 2.29. The van der Waals surface area contributed by atoms with E-state index in [1.165, 1.54) is 19.3 Å². The zero-order valence-corrected chi connectivity index (χ0v) is 15.1. The minimum absolute atomic E-state index is 0.629. The van der Waals surface area contributed by atoms with E-state index in [0.717, 1.165) is 46.1 Å². The topological polar surface area (TPSA) is 41.1 Å². The Bertz CT molecular complexity index is 903. The van der Waals surface area contributed by atoms with E-state index < -0.39 is 0 Å². The minimum atomic E-state index is 0.629. The number of nitrogens with one attached hydrogen (secondary N) is 1. The molecule has 128 valence electrons. The van der Waals surface area contributed by atoms with Crippen LogP contribution in [0.2, 0.25) is 5.02 Å². The Morgan fingerprint density at radius 3 is 2.60 bits per heavy atom. The van der Waals surface area contributed by atoms with Crippen LogP contribution >= 0.6 is 11.6 Å². The van der Waals surface area contributed by atoms with E-state index >= 15 is 0 Å². The summed E-state index contributed by atoms with van der Waals surface area (Å²) in [6, 6.07) is 14.0. The third-order valence-electron chi connectivity index (χ3n) is 4.67. The van der Waals surface area contributed by atoms with Gasteiger partial charge in [0.15, 0.2) is 0 Å². The minimum Gasteiger partial charge on any atom is -0.356 e. The van der Waals surface area contributed by atoms with E-state index in [9.17, 15) is 0 Å². The van der Waals surface area contributed by atoms with Gasteiger partial charge in [-0.25, -0.2) is 4.98 Å². The SMILES string of the molecule is Cc1cc(Cl)ccc1Nc1nc(N2CCCCC2)c2ccccc2n1. The first-order valence-corrected chi connectivity index (χ1v) is 9.13. The first-order chi connectivity index (χ1) is 12.2. The molecule has 1 aliphatic heterocycles. The second-order valence-electron chi connectivity index (χ2n) is 6.52. The van der Waals surface area contributed by atoms with Gasteiger partial charge in [0, 0.05) is 29.2 Å². The monoisotopic (exact) mass is 352 g/mol. The Labute approximate surface area is 152 Å². The van der Waals surface area contributed by atoms with Gasteiger partial charge in [0.05, 0.1) is 5.52 Å². The zero-order chi connectivity index (χ0) is 17.2. The lowest BCUT2D eigenvalue weighted by Crippen LogP contribution is -2.30. The number of hydrogen-bond donors (Lipinski definition) is 1. The summed E-state index contributed by atoms with van der Waals surface area (Å²) >= 11 is 6.06. The molecule has 2 heterocycles. The van der Waals surface area contributed by atoms with Crippen LogP contribution in [0.5, 0.6) is 0 Å². The number of piperidine rings is 1. The quantitative estimate of drug-likeness (QED) is 0.692. The molecule has 4 rings (SSSR count). The Balaban J connectivity index is 1.76. The summed E-state index contributed by atoms with van der Waals surface area (Å²) in [6.45, 7) is 4.14. The van der Waals surface area contributed by atoms with Crippen molar-refractivity contribution in [1.29, 1.82) is 0 Å². The van der Waals surface area contributed by atoms with Crippen LogP contribution in [0.4, 0.5) is 17.5 Å². The lowest BCUT2D eigenvalue weighted by Gasteiger charge is -2.29. The lowest BCUT2D eigenvalue weighted by atomic mass is 10.1. The molecule has 5 heteroatoms. The lowest BCUT2D eigenvalue weighted by molar-refractivity contribution is 0.575. The summed E-state index contributed by atoms with van der Waals surface area (Å²) in [4.78, 5) is 11.9. The molecule has 1 N–H and O–H groups in total. The molecule has 0 radical (unpaired) electrons. The van der Waals surface area contributed by atoms with Gasteiger partial charge in [-0.3, -0.25) is 0 Å². The van der Waals surface area contributed by atoms with Gasteiger partial charge in [-0.1, -0.05) is 23.7 Å². The van der Waals surface area contributed by atoms with Crippen molar-refractivity contribution in [3.63, 3.8) is 0 Å². The molecule has 1 fully saturated rings. The van der Waals surface area contributed by atoms with E-state index in [1.807, 2.05) is 37.3 Å². The molecular weight excluding hydrogens is 332 g/mol. The highest BCUT2D eigenvalue weighted by atomic mass is 35.5. The Morgan fingerprint density at radius 2 is 1.80 bits per heavy atom. The average Bonchev–Trinajstić information content (AvgIpc) is 2.64. The molecule has 1 saturated heterocycles. The van der Waals surface area contributed by atoms with Gasteiger partial charge in [-0.2, -0.15) is 4.98 Å². The van der Waals surface area contributed by atoms with E-state index in [0.29, 0.717) is 5.95 Å². The number of rotatable bonds is 3. The third kappa shape index (κ3) is 3.40. The van der Waals surface area contributed by atoms with Crippen molar-refractivity contribution in [3.8, 4) is 0 Å². The summed E-state index contributed by atoms with van der Waals surface area (Å²) in [7, 11) is 0. The van der Waals surface area contributed by atoms with E-state index in [2.05, 4.69) is 22.3 Å². The maximum absolute atomic E-state index is 6.06.